The van der Waals surface area contributed by atoms with E-state index in [1.54, 1.807) is 24.3 Å². The Kier molecular flexibility index (Phi) is 8.06. The Morgan fingerprint density at radius 1 is 1.35 bits per heavy atom. The normalized spacial score (nSPS) is 18.8. The third-order valence-electron chi connectivity index (χ3n) is 4.28. The van der Waals surface area contributed by atoms with Crippen molar-refractivity contribution in [3.05, 3.63) is 28.7 Å². The van der Waals surface area contributed by atoms with Crippen molar-refractivity contribution in [3.8, 4) is 0 Å². The van der Waals surface area contributed by atoms with E-state index in [0.29, 0.717) is 32.5 Å². The van der Waals surface area contributed by atoms with Crippen molar-refractivity contribution in [2.45, 2.75) is 44.1 Å². The van der Waals surface area contributed by atoms with Crippen LogP contribution in [-0.2, 0) is 19.6 Å². The molecule has 1 amide bonds. The summed E-state index contributed by atoms with van der Waals surface area (Å²) >= 11 is 3.31. The Hall–Kier alpha value is -0.960. The third kappa shape index (κ3) is 6.04. The highest BCUT2D eigenvalue weighted by Crippen LogP contribution is 2.24. The number of nitrogens with zero attached hydrogens (tertiary/aromatic N) is 1. The van der Waals surface area contributed by atoms with Gasteiger partial charge in [0.25, 0.3) is 0 Å². The molecule has 0 spiro atoms. The molecule has 26 heavy (non-hydrogen) atoms. The highest BCUT2D eigenvalue weighted by Gasteiger charge is 2.33. The highest BCUT2D eigenvalue weighted by atomic mass is 79.9. The molecular weight excluding hydrogens is 420 g/mol. The van der Waals surface area contributed by atoms with Crippen LogP contribution >= 0.6 is 15.9 Å². The molecule has 1 atom stereocenters. The monoisotopic (exact) mass is 446 g/mol. The maximum absolute atomic E-state index is 12.8. The molecular formula is C18H27BrN2O4S. The van der Waals surface area contributed by atoms with E-state index in [1.165, 1.54) is 4.31 Å². The largest absolute Gasteiger partial charge is 0.379 e. The number of benzene rings is 1. The van der Waals surface area contributed by atoms with E-state index in [4.69, 9.17) is 4.74 Å². The molecule has 1 aliphatic rings. The van der Waals surface area contributed by atoms with Gasteiger partial charge in [-0.25, -0.2) is 8.42 Å². The number of carbonyl (C=O) groups is 1. The standard InChI is InChI=1S/C18H27BrN2O4S/c1-14(2)25-12-4-10-20-18(22)15-5-3-11-21(13-15)26(23,24)17-8-6-16(19)7-9-17/h6-9,14-15H,3-5,10-13H2,1-2H3,(H,20,22). The fourth-order valence-electron chi connectivity index (χ4n) is 2.88. The van der Waals surface area contributed by atoms with Gasteiger partial charge < -0.3 is 10.1 Å². The van der Waals surface area contributed by atoms with Gasteiger partial charge in [-0.3, -0.25) is 4.79 Å². The second-order valence-corrected chi connectivity index (χ2v) is 9.57. The molecule has 6 nitrogen and oxygen atoms in total. The first-order valence-corrected chi connectivity index (χ1v) is 11.2. The molecule has 1 heterocycles. The van der Waals surface area contributed by atoms with Crippen LogP contribution in [0.25, 0.3) is 0 Å². The predicted molar refractivity (Wildman–Crippen MR) is 104 cm³/mol. The lowest BCUT2D eigenvalue weighted by Gasteiger charge is -2.31. The number of amides is 1. The molecule has 0 aliphatic carbocycles. The third-order valence-corrected chi connectivity index (χ3v) is 6.69. The zero-order chi connectivity index (χ0) is 19.2. The van der Waals surface area contributed by atoms with Gasteiger partial charge in [-0.05, 0) is 57.4 Å². The van der Waals surface area contributed by atoms with Crippen molar-refractivity contribution in [3.63, 3.8) is 0 Å². The van der Waals surface area contributed by atoms with Crippen molar-refractivity contribution in [2.24, 2.45) is 5.92 Å². The molecule has 146 valence electrons. The quantitative estimate of drug-likeness (QED) is 0.622. The van der Waals surface area contributed by atoms with Crippen LogP contribution in [0.4, 0.5) is 0 Å². The Morgan fingerprint density at radius 3 is 2.69 bits per heavy atom. The average molecular weight is 447 g/mol. The van der Waals surface area contributed by atoms with Crippen LogP contribution in [0.3, 0.4) is 0 Å². The Labute approximate surface area is 164 Å². The first-order valence-electron chi connectivity index (χ1n) is 8.95. The summed E-state index contributed by atoms with van der Waals surface area (Å²) in [5.74, 6) is -0.384. The van der Waals surface area contributed by atoms with E-state index < -0.39 is 10.0 Å². The Morgan fingerprint density at radius 2 is 2.04 bits per heavy atom. The van der Waals surface area contributed by atoms with Crippen LogP contribution in [0.2, 0.25) is 0 Å². The van der Waals surface area contributed by atoms with Gasteiger partial charge in [0, 0.05) is 30.7 Å². The number of halogens is 1. The number of rotatable bonds is 8. The fraction of sp³-hybridized carbons (Fsp3) is 0.611. The van der Waals surface area contributed by atoms with E-state index >= 15 is 0 Å². The predicted octanol–water partition coefficient (Wildman–Crippen LogP) is 2.78. The van der Waals surface area contributed by atoms with Crippen LogP contribution in [0.5, 0.6) is 0 Å². The van der Waals surface area contributed by atoms with E-state index in [0.717, 1.165) is 10.9 Å². The van der Waals surface area contributed by atoms with Crippen LogP contribution < -0.4 is 5.32 Å². The molecule has 0 radical (unpaired) electrons. The molecule has 2 rings (SSSR count). The average Bonchev–Trinajstić information content (AvgIpc) is 2.61. The molecule has 1 saturated heterocycles. The maximum Gasteiger partial charge on any atom is 0.243 e. The number of carbonyl (C=O) groups excluding carboxylic acids is 1. The van der Waals surface area contributed by atoms with E-state index in [9.17, 15) is 13.2 Å². The van der Waals surface area contributed by atoms with Gasteiger partial charge in [-0.2, -0.15) is 4.31 Å². The molecule has 8 heteroatoms. The zero-order valence-corrected chi connectivity index (χ0v) is 17.7. The highest BCUT2D eigenvalue weighted by molar-refractivity contribution is 9.10. The topological polar surface area (TPSA) is 75.7 Å². The summed E-state index contributed by atoms with van der Waals surface area (Å²) < 4.78 is 33.3. The SMILES string of the molecule is CC(C)OCCCNC(=O)C1CCCN(S(=O)(=O)c2ccc(Br)cc2)C1. The van der Waals surface area contributed by atoms with E-state index in [-0.39, 0.29) is 29.4 Å². The van der Waals surface area contributed by atoms with Crippen LogP contribution in [0.15, 0.2) is 33.6 Å². The number of piperidine rings is 1. The summed E-state index contributed by atoms with van der Waals surface area (Å²) in [6, 6.07) is 6.58. The summed E-state index contributed by atoms with van der Waals surface area (Å²) in [6.45, 7) is 5.77. The zero-order valence-electron chi connectivity index (χ0n) is 15.3. The molecule has 0 saturated carbocycles. The molecule has 1 unspecified atom stereocenters. The van der Waals surface area contributed by atoms with Gasteiger partial charge in [0.15, 0.2) is 0 Å². The number of ether oxygens (including phenoxy) is 1. The molecule has 0 bridgehead atoms. The van der Waals surface area contributed by atoms with Crippen LogP contribution in [-0.4, -0.2) is 51.0 Å². The maximum atomic E-state index is 12.8. The summed E-state index contributed by atoms with van der Waals surface area (Å²) in [7, 11) is -3.57. The first-order chi connectivity index (χ1) is 12.3. The van der Waals surface area contributed by atoms with Crippen molar-refractivity contribution >= 4 is 31.9 Å². The van der Waals surface area contributed by atoms with Crippen LogP contribution in [0.1, 0.15) is 33.1 Å². The smallest absolute Gasteiger partial charge is 0.243 e. The lowest BCUT2D eigenvalue weighted by Crippen LogP contribution is -2.45. The van der Waals surface area contributed by atoms with Crippen molar-refractivity contribution < 1.29 is 17.9 Å². The second kappa shape index (κ2) is 9.82. The first kappa shape index (κ1) is 21.3. The second-order valence-electron chi connectivity index (χ2n) is 6.72. The lowest BCUT2D eigenvalue weighted by atomic mass is 9.99. The molecule has 1 aliphatic heterocycles. The summed E-state index contributed by atoms with van der Waals surface area (Å²) in [4.78, 5) is 12.6. The fourth-order valence-corrected chi connectivity index (χ4v) is 4.67. The molecule has 1 aromatic rings. The molecule has 1 aromatic carbocycles. The summed E-state index contributed by atoms with van der Waals surface area (Å²) in [5.41, 5.74) is 0. The molecule has 1 N–H and O–H groups in total. The van der Waals surface area contributed by atoms with E-state index in [2.05, 4.69) is 21.2 Å². The number of sulfonamides is 1. The summed E-state index contributed by atoms with van der Waals surface area (Å²) in [6.07, 6.45) is 2.32. The number of nitrogens with one attached hydrogen (secondary N) is 1. The van der Waals surface area contributed by atoms with Gasteiger partial charge in [-0.1, -0.05) is 15.9 Å². The Bertz CT molecular complexity index is 692. The van der Waals surface area contributed by atoms with Gasteiger partial charge >= 0.3 is 0 Å². The summed E-state index contributed by atoms with van der Waals surface area (Å²) in [5, 5.41) is 2.90. The van der Waals surface area contributed by atoms with Crippen molar-refractivity contribution in [1.82, 2.24) is 9.62 Å². The molecule has 1 fully saturated rings. The van der Waals surface area contributed by atoms with Crippen molar-refractivity contribution in [2.75, 3.05) is 26.2 Å². The van der Waals surface area contributed by atoms with Gasteiger partial charge in [0.05, 0.1) is 16.9 Å². The van der Waals surface area contributed by atoms with Crippen molar-refractivity contribution in [1.29, 1.82) is 0 Å². The van der Waals surface area contributed by atoms with Crippen LogP contribution in [0, 0.1) is 5.92 Å². The van der Waals surface area contributed by atoms with E-state index in [1.807, 2.05) is 13.8 Å². The number of hydrogen-bond donors (Lipinski definition) is 1. The minimum absolute atomic E-state index is 0.0785. The minimum Gasteiger partial charge on any atom is -0.379 e. The lowest BCUT2D eigenvalue weighted by molar-refractivity contribution is -0.126. The molecule has 0 aromatic heterocycles. The minimum atomic E-state index is -3.57. The van der Waals surface area contributed by atoms with Gasteiger partial charge in [-0.15, -0.1) is 0 Å². The van der Waals surface area contributed by atoms with Gasteiger partial charge in [0.1, 0.15) is 0 Å². The Balaban J connectivity index is 1.89. The van der Waals surface area contributed by atoms with Gasteiger partial charge in [0.2, 0.25) is 15.9 Å². The number of hydrogen-bond acceptors (Lipinski definition) is 4.